The first-order chi connectivity index (χ1) is 7.17. The number of halogens is 3. The second kappa shape index (κ2) is 4.33. The summed E-state index contributed by atoms with van der Waals surface area (Å²) in [7, 11) is 0. The molecule has 0 aliphatic heterocycles. The standard InChI is InChI=1S/C11H13F3O2/c1-10(2,15)7-8-5-3-4-6-9(8)16-11(12,13)14/h3-6,15H,7H2,1-2H3. The average Bonchev–Trinajstić information content (AvgIpc) is 2.03. The third kappa shape index (κ3) is 4.53. The van der Waals surface area contributed by atoms with Crippen molar-refractivity contribution < 1.29 is 23.0 Å². The second-order valence-corrected chi connectivity index (χ2v) is 4.14. The van der Waals surface area contributed by atoms with Crippen LogP contribution >= 0.6 is 0 Å². The maximum absolute atomic E-state index is 12.1. The smallest absolute Gasteiger partial charge is 0.406 e. The van der Waals surface area contributed by atoms with Crippen LogP contribution in [0.25, 0.3) is 0 Å². The van der Waals surface area contributed by atoms with Gasteiger partial charge in [-0.25, -0.2) is 0 Å². The van der Waals surface area contributed by atoms with Gasteiger partial charge in [0.2, 0.25) is 0 Å². The van der Waals surface area contributed by atoms with Gasteiger partial charge in [-0.1, -0.05) is 18.2 Å². The first kappa shape index (κ1) is 12.8. The lowest BCUT2D eigenvalue weighted by Crippen LogP contribution is -2.24. The van der Waals surface area contributed by atoms with Crippen LogP contribution in [0.4, 0.5) is 13.2 Å². The van der Waals surface area contributed by atoms with Crippen LogP contribution in [-0.2, 0) is 6.42 Å². The Morgan fingerprint density at radius 1 is 1.19 bits per heavy atom. The molecule has 0 amide bonds. The van der Waals surface area contributed by atoms with Crippen LogP contribution < -0.4 is 4.74 Å². The van der Waals surface area contributed by atoms with Crippen molar-refractivity contribution in [3.63, 3.8) is 0 Å². The highest BCUT2D eigenvalue weighted by atomic mass is 19.4. The van der Waals surface area contributed by atoms with Crippen LogP contribution in [0.1, 0.15) is 19.4 Å². The van der Waals surface area contributed by atoms with Crippen molar-refractivity contribution in [1.29, 1.82) is 0 Å². The minimum absolute atomic E-state index is 0.0965. The first-order valence-electron chi connectivity index (χ1n) is 4.73. The fourth-order valence-electron chi connectivity index (χ4n) is 1.34. The highest BCUT2D eigenvalue weighted by molar-refractivity contribution is 5.34. The van der Waals surface area contributed by atoms with Gasteiger partial charge in [-0.2, -0.15) is 0 Å². The summed E-state index contributed by atoms with van der Waals surface area (Å²) in [5, 5.41) is 9.56. The summed E-state index contributed by atoms with van der Waals surface area (Å²) < 4.78 is 40.1. The minimum Gasteiger partial charge on any atom is -0.406 e. The van der Waals surface area contributed by atoms with Crippen molar-refractivity contribution in [1.82, 2.24) is 0 Å². The molecule has 1 aromatic rings. The van der Waals surface area contributed by atoms with E-state index in [2.05, 4.69) is 4.74 Å². The highest BCUT2D eigenvalue weighted by Crippen LogP contribution is 2.28. The van der Waals surface area contributed by atoms with Gasteiger partial charge < -0.3 is 9.84 Å². The molecule has 0 fully saturated rings. The van der Waals surface area contributed by atoms with Gasteiger partial charge in [0.1, 0.15) is 5.75 Å². The topological polar surface area (TPSA) is 29.5 Å². The number of aliphatic hydroxyl groups is 1. The number of benzene rings is 1. The first-order valence-corrected chi connectivity index (χ1v) is 4.73. The number of ether oxygens (including phenoxy) is 1. The molecule has 0 heterocycles. The summed E-state index contributed by atoms with van der Waals surface area (Å²) >= 11 is 0. The zero-order valence-corrected chi connectivity index (χ0v) is 9.01. The van der Waals surface area contributed by atoms with E-state index in [0.29, 0.717) is 5.56 Å². The van der Waals surface area contributed by atoms with E-state index in [4.69, 9.17) is 0 Å². The van der Waals surface area contributed by atoms with Crippen LogP contribution in [0.15, 0.2) is 24.3 Å². The van der Waals surface area contributed by atoms with Crippen LogP contribution in [0.2, 0.25) is 0 Å². The zero-order valence-electron chi connectivity index (χ0n) is 9.01. The van der Waals surface area contributed by atoms with Crippen LogP contribution in [-0.4, -0.2) is 17.1 Å². The van der Waals surface area contributed by atoms with Crippen molar-refractivity contribution >= 4 is 0 Å². The lowest BCUT2D eigenvalue weighted by Gasteiger charge is -2.19. The van der Waals surface area contributed by atoms with Crippen molar-refractivity contribution in [2.45, 2.75) is 32.2 Å². The molecule has 0 aromatic heterocycles. The lowest BCUT2D eigenvalue weighted by atomic mass is 9.98. The summed E-state index contributed by atoms with van der Waals surface area (Å²) in [6.07, 6.45) is -4.62. The Morgan fingerprint density at radius 2 is 1.75 bits per heavy atom. The molecule has 0 saturated carbocycles. The van der Waals surface area contributed by atoms with E-state index in [9.17, 15) is 18.3 Å². The van der Waals surface area contributed by atoms with E-state index in [-0.39, 0.29) is 12.2 Å². The quantitative estimate of drug-likeness (QED) is 0.871. The molecule has 0 saturated heterocycles. The number of hydrogen-bond donors (Lipinski definition) is 1. The monoisotopic (exact) mass is 234 g/mol. The molecule has 0 radical (unpaired) electrons. The molecule has 0 spiro atoms. The zero-order chi connectivity index (χ0) is 12.4. The Kier molecular flexibility index (Phi) is 3.48. The molecule has 2 nitrogen and oxygen atoms in total. The summed E-state index contributed by atoms with van der Waals surface area (Å²) in [5.74, 6) is -0.267. The summed E-state index contributed by atoms with van der Waals surface area (Å²) in [4.78, 5) is 0. The van der Waals surface area contributed by atoms with Gasteiger partial charge in [0.25, 0.3) is 0 Å². The normalized spacial score (nSPS) is 12.6. The van der Waals surface area contributed by atoms with Gasteiger partial charge in [0.15, 0.2) is 0 Å². The Balaban J connectivity index is 2.92. The molecule has 16 heavy (non-hydrogen) atoms. The lowest BCUT2D eigenvalue weighted by molar-refractivity contribution is -0.275. The highest BCUT2D eigenvalue weighted by Gasteiger charge is 2.32. The van der Waals surface area contributed by atoms with Gasteiger partial charge in [-0.05, 0) is 25.5 Å². The van der Waals surface area contributed by atoms with Gasteiger partial charge in [-0.15, -0.1) is 13.2 Å². The van der Waals surface area contributed by atoms with E-state index >= 15 is 0 Å². The fraction of sp³-hybridized carbons (Fsp3) is 0.455. The van der Waals surface area contributed by atoms with E-state index in [0.717, 1.165) is 0 Å². The Hall–Kier alpha value is -1.23. The predicted molar refractivity (Wildman–Crippen MR) is 53.1 cm³/mol. The van der Waals surface area contributed by atoms with Gasteiger partial charge in [0.05, 0.1) is 5.60 Å². The molecule has 5 heteroatoms. The number of para-hydroxylation sites is 1. The maximum Gasteiger partial charge on any atom is 0.573 e. The van der Waals surface area contributed by atoms with E-state index in [1.165, 1.54) is 32.0 Å². The minimum atomic E-state index is -4.71. The maximum atomic E-state index is 12.1. The summed E-state index contributed by atoms with van der Waals surface area (Å²) in [5.41, 5.74) is -0.752. The van der Waals surface area contributed by atoms with E-state index in [1.807, 2.05) is 0 Å². The molecule has 1 N–H and O–H groups in total. The Morgan fingerprint density at radius 3 is 2.25 bits per heavy atom. The molecule has 1 aromatic carbocycles. The van der Waals surface area contributed by atoms with Crippen molar-refractivity contribution in [2.24, 2.45) is 0 Å². The Bertz CT molecular complexity index is 318. The van der Waals surface area contributed by atoms with Gasteiger partial charge in [-0.3, -0.25) is 0 Å². The molecule has 0 aliphatic rings. The molecule has 0 unspecified atom stereocenters. The Labute approximate surface area is 91.7 Å². The molecule has 0 bridgehead atoms. The summed E-state index contributed by atoms with van der Waals surface area (Å²) in [6.45, 7) is 3.05. The third-order valence-electron chi connectivity index (χ3n) is 1.82. The average molecular weight is 234 g/mol. The largest absolute Gasteiger partial charge is 0.573 e. The number of alkyl halides is 3. The molecular formula is C11H13F3O2. The molecule has 0 aliphatic carbocycles. The second-order valence-electron chi connectivity index (χ2n) is 4.14. The van der Waals surface area contributed by atoms with E-state index < -0.39 is 12.0 Å². The van der Waals surface area contributed by atoms with Gasteiger partial charge >= 0.3 is 6.36 Å². The molecule has 90 valence electrons. The van der Waals surface area contributed by atoms with Crippen molar-refractivity contribution in [3.8, 4) is 5.75 Å². The molecule has 0 atom stereocenters. The molecule has 1 rings (SSSR count). The van der Waals surface area contributed by atoms with Gasteiger partial charge in [0, 0.05) is 6.42 Å². The SMILES string of the molecule is CC(C)(O)Cc1ccccc1OC(F)(F)F. The van der Waals surface area contributed by atoms with Crippen LogP contribution in [0.3, 0.4) is 0 Å². The third-order valence-corrected chi connectivity index (χ3v) is 1.82. The van der Waals surface area contributed by atoms with Crippen LogP contribution in [0.5, 0.6) is 5.75 Å². The van der Waals surface area contributed by atoms with E-state index in [1.54, 1.807) is 6.07 Å². The van der Waals surface area contributed by atoms with Crippen molar-refractivity contribution in [2.75, 3.05) is 0 Å². The van der Waals surface area contributed by atoms with Crippen molar-refractivity contribution in [3.05, 3.63) is 29.8 Å². The molecular weight excluding hydrogens is 221 g/mol. The number of rotatable bonds is 3. The fourth-order valence-corrected chi connectivity index (χ4v) is 1.34. The summed E-state index contributed by atoms with van der Waals surface area (Å²) in [6, 6.07) is 5.78. The predicted octanol–water partition coefficient (Wildman–Crippen LogP) is 2.90. The van der Waals surface area contributed by atoms with Crippen LogP contribution in [0, 0.1) is 0 Å². The number of hydrogen-bond acceptors (Lipinski definition) is 2.